The Morgan fingerprint density at radius 3 is 2.83 bits per heavy atom. The van der Waals surface area contributed by atoms with Crippen molar-refractivity contribution >= 4 is 17.3 Å². The van der Waals surface area contributed by atoms with Crippen molar-refractivity contribution in [1.29, 1.82) is 0 Å². The fourth-order valence-electron chi connectivity index (χ4n) is 2.35. The molecule has 0 bridgehead atoms. The Hall–Kier alpha value is -2.73. The third kappa shape index (κ3) is 3.73. The number of benzene rings is 1. The maximum absolute atomic E-state index is 11.7. The van der Waals surface area contributed by atoms with E-state index in [1.54, 1.807) is 13.2 Å². The Labute approximate surface area is 136 Å². The van der Waals surface area contributed by atoms with Gasteiger partial charge in [0.25, 0.3) is 0 Å². The number of aromatic nitrogens is 1. The largest absolute Gasteiger partial charge is 0.495 e. The minimum absolute atomic E-state index is 0.294. The van der Waals surface area contributed by atoms with E-state index in [-0.39, 0.29) is 5.91 Å². The molecule has 1 aromatic carbocycles. The average Bonchev–Trinajstić information content (AvgIpc) is 2.94. The molecule has 0 spiro atoms. The standard InChI is InChI=1S/C17H22N4O2/c1-5-17(22)19-14-9-13(18)16(23-4)10-15(14)21-8-6-7-12(21)11-20(2)3/h5-10H,1,11,18H2,2-4H3,(H,19,22). The highest BCUT2D eigenvalue weighted by molar-refractivity contribution is 6.01. The lowest BCUT2D eigenvalue weighted by molar-refractivity contribution is -0.111. The molecule has 0 unspecified atom stereocenters. The topological polar surface area (TPSA) is 72.5 Å². The van der Waals surface area contributed by atoms with E-state index < -0.39 is 0 Å². The summed E-state index contributed by atoms with van der Waals surface area (Å²) in [5, 5.41) is 2.79. The second-order valence-electron chi connectivity index (χ2n) is 5.41. The van der Waals surface area contributed by atoms with Crippen LogP contribution in [0.4, 0.5) is 11.4 Å². The van der Waals surface area contributed by atoms with Gasteiger partial charge in [-0.25, -0.2) is 0 Å². The molecule has 6 nitrogen and oxygen atoms in total. The van der Waals surface area contributed by atoms with Crippen molar-refractivity contribution in [2.24, 2.45) is 0 Å². The molecule has 0 radical (unpaired) electrons. The Bertz CT molecular complexity index is 719. The average molecular weight is 314 g/mol. The molecule has 122 valence electrons. The Morgan fingerprint density at radius 2 is 2.22 bits per heavy atom. The number of methoxy groups -OCH3 is 1. The van der Waals surface area contributed by atoms with Gasteiger partial charge in [0.05, 0.1) is 24.2 Å². The van der Waals surface area contributed by atoms with E-state index in [1.165, 1.54) is 6.08 Å². The molecule has 23 heavy (non-hydrogen) atoms. The Morgan fingerprint density at radius 1 is 1.48 bits per heavy atom. The van der Waals surface area contributed by atoms with E-state index in [9.17, 15) is 4.79 Å². The molecule has 0 aliphatic carbocycles. The van der Waals surface area contributed by atoms with Crippen LogP contribution in [0, 0.1) is 0 Å². The second-order valence-corrected chi connectivity index (χ2v) is 5.41. The number of nitrogens with two attached hydrogens (primary N) is 1. The first kappa shape index (κ1) is 16.6. The lowest BCUT2D eigenvalue weighted by Gasteiger charge is -2.18. The highest BCUT2D eigenvalue weighted by atomic mass is 16.5. The fourth-order valence-corrected chi connectivity index (χ4v) is 2.35. The van der Waals surface area contributed by atoms with Crippen LogP contribution in [0.2, 0.25) is 0 Å². The van der Waals surface area contributed by atoms with Gasteiger partial charge in [-0.3, -0.25) is 4.79 Å². The number of hydrogen-bond donors (Lipinski definition) is 2. The van der Waals surface area contributed by atoms with Crippen LogP contribution in [-0.4, -0.2) is 36.6 Å². The molecule has 2 aromatic rings. The van der Waals surface area contributed by atoms with Crippen LogP contribution in [-0.2, 0) is 11.3 Å². The van der Waals surface area contributed by atoms with Gasteiger partial charge in [0, 0.05) is 24.5 Å². The number of ether oxygens (including phenoxy) is 1. The van der Waals surface area contributed by atoms with Crippen LogP contribution in [0.5, 0.6) is 5.75 Å². The van der Waals surface area contributed by atoms with Gasteiger partial charge in [-0.2, -0.15) is 0 Å². The van der Waals surface area contributed by atoms with Crippen LogP contribution < -0.4 is 15.8 Å². The molecule has 1 amide bonds. The van der Waals surface area contributed by atoms with Crippen molar-refractivity contribution in [1.82, 2.24) is 9.47 Å². The monoisotopic (exact) mass is 314 g/mol. The van der Waals surface area contributed by atoms with Gasteiger partial charge < -0.3 is 25.3 Å². The molecule has 1 heterocycles. The predicted molar refractivity (Wildman–Crippen MR) is 93.0 cm³/mol. The molecular weight excluding hydrogens is 292 g/mol. The number of amides is 1. The van der Waals surface area contributed by atoms with E-state index in [0.29, 0.717) is 17.1 Å². The van der Waals surface area contributed by atoms with Gasteiger partial charge in [-0.05, 0) is 38.4 Å². The van der Waals surface area contributed by atoms with Crippen molar-refractivity contribution in [2.45, 2.75) is 6.54 Å². The summed E-state index contributed by atoms with van der Waals surface area (Å²) < 4.78 is 7.31. The van der Waals surface area contributed by atoms with Crippen LogP contribution in [0.1, 0.15) is 5.69 Å². The Kier molecular flexibility index (Phi) is 5.08. The number of carbonyl (C=O) groups excluding carboxylic acids is 1. The molecule has 6 heteroatoms. The summed E-state index contributed by atoms with van der Waals surface area (Å²) in [7, 11) is 5.57. The van der Waals surface area contributed by atoms with Gasteiger partial charge in [0.1, 0.15) is 5.75 Å². The predicted octanol–water partition coefficient (Wildman–Crippen LogP) is 2.25. The smallest absolute Gasteiger partial charge is 0.247 e. The lowest BCUT2D eigenvalue weighted by Crippen LogP contribution is -2.16. The van der Waals surface area contributed by atoms with Crippen molar-refractivity contribution in [3.8, 4) is 11.4 Å². The maximum atomic E-state index is 11.7. The van der Waals surface area contributed by atoms with Crippen LogP contribution in [0.25, 0.3) is 5.69 Å². The zero-order chi connectivity index (χ0) is 17.0. The van der Waals surface area contributed by atoms with Gasteiger partial charge in [0.2, 0.25) is 5.91 Å². The molecule has 0 aliphatic heterocycles. The first-order chi connectivity index (χ1) is 11.0. The fraction of sp³-hybridized carbons (Fsp3) is 0.235. The quantitative estimate of drug-likeness (QED) is 0.633. The van der Waals surface area contributed by atoms with E-state index in [4.69, 9.17) is 10.5 Å². The first-order valence-electron chi connectivity index (χ1n) is 7.18. The van der Waals surface area contributed by atoms with Crippen molar-refractivity contribution in [3.63, 3.8) is 0 Å². The summed E-state index contributed by atoms with van der Waals surface area (Å²) in [6.07, 6.45) is 3.16. The number of hydrogen-bond acceptors (Lipinski definition) is 4. The second kappa shape index (κ2) is 7.02. The number of nitrogens with zero attached hydrogens (tertiary/aromatic N) is 2. The van der Waals surface area contributed by atoms with E-state index >= 15 is 0 Å². The highest BCUT2D eigenvalue weighted by Crippen LogP contribution is 2.33. The van der Waals surface area contributed by atoms with Gasteiger partial charge in [-0.1, -0.05) is 6.58 Å². The normalized spacial score (nSPS) is 10.6. The summed E-state index contributed by atoms with van der Waals surface area (Å²) in [6.45, 7) is 4.24. The number of carbonyl (C=O) groups is 1. The molecular formula is C17H22N4O2. The van der Waals surface area contributed by atoms with Gasteiger partial charge in [-0.15, -0.1) is 0 Å². The molecule has 2 rings (SSSR count). The lowest BCUT2D eigenvalue weighted by atomic mass is 10.2. The number of nitrogen functional groups attached to an aromatic ring is 1. The minimum Gasteiger partial charge on any atom is -0.495 e. The van der Waals surface area contributed by atoms with Gasteiger partial charge in [0.15, 0.2) is 0 Å². The zero-order valence-corrected chi connectivity index (χ0v) is 13.7. The third-order valence-corrected chi connectivity index (χ3v) is 3.36. The molecule has 0 aliphatic rings. The number of rotatable bonds is 6. The van der Waals surface area contributed by atoms with E-state index in [0.717, 1.165) is 17.9 Å². The number of anilines is 2. The molecule has 0 fully saturated rings. The SMILES string of the molecule is C=CC(=O)Nc1cc(N)c(OC)cc1-n1cccc1CN(C)C. The summed E-state index contributed by atoms with van der Waals surface area (Å²) in [4.78, 5) is 13.8. The third-order valence-electron chi connectivity index (χ3n) is 3.36. The van der Waals surface area contributed by atoms with Crippen molar-refractivity contribution in [3.05, 3.63) is 48.8 Å². The summed E-state index contributed by atoms with van der Waals surface area (Å²) in [5.74, 6) is 0.262. The minimum atomic E-state index is -0.294. The van der Waals surface area contributed by atoms with E-state index in [1.807, 2.05) is 43.1 Å². The molecule has 0 atom stereocenters. The van der Waals surface area contributed by atoms with Crippen molar-refractivity contribution in [2.75, 3.05) is 32.3 Å². The van der Waals surface area contributed by atoms with E-state index in [2.05, 4.69) is 16.8 Å². The summed E-state index contributed by atoms with van der Waals surface area (Å²) in [6, 6.07) is 7.49. The first-order valence-corrected chi connectivity index (χ1v) is 7.18. The van der Waals surface area contributed by atoms with Gasteiger partial charge >= 0.3 is 0 Å². The summed E-state index contributed by atoms with van der Waals surface area (Å²) >= 11 is 0. The molecule has 3 N–H and O–H groups in total. The maximum Gasteiger partial charge on any atom is 0.247 e. The number of nitrogens with one attached hydrogen (secondary N) is 1. The highest BCUT2D eigenvalue weighted by Gasteiger charge is 2.14. The van der Waals surface area contributed by atoms with Crippen LogP contribution in [0.15, 0.2) is 43.1 Å². The summed E-state index contributed by atoms with van der Waals surface area (Å²) in [5.41, 5.74) is 8.89. The van der Waals surface area contributed by atoms with Crippen molar-refractivity contribution < 1.29 is 9.53 Å². The van der Waals surface area contributed by atoms with Crippen LogP contribution >= 0.6 is 0 Å². The van der Waals surface area contributed by atoms with Crippen LogP contribution in [0.3, 0.4) is 0 Å². The molecule has 1 aromatic heterocycles. The zero-order valence-electron chi connectivity index (χ0n) is 13.7. The Balaban J connectivity index is 2.56. The molecule has 0 saturated carbocycles. The molecule has 0 saturated heterocycles.